The molecule has 0 radical (unpaired) electrons. The number of cyclic esters (lactones) is 1. The molecule has 0 bridgehead atoms. The van der Waals surface area contributed by atoms with Crippen LogP contribution in [0.2, 0.25) is 0 Å². The van der Waals surface area contributed by atoms with Crippen molar-refractivity contribution in [1.82, 2.24) is 4.90 Å². The zero-order valence-electron chi connectivity index (χ0n) is 11.6. The van der Waals surface area contributed by atoms with E-state index in [-0.39, 0.29) is 12.5 Å². The van der Waals surface area contributed by atoms with Crippen LogP contribution in [0.25, 0.3) is 0 Å². The molecule has 6 nitrogen and oxygen atoms in total. The van der Waals surface area contributed by atoms with Crippen LogP contribution in [0.5, 0.6) is 0 Å². The standard InChI is InChI=1S/C13H21NO5/c1-12(2,3)19-11(17)14-6-4-13(9(15)8-14)5-7-18-10(13)16/h9,15H,4-8H2,1-3H3/t9-,13-/m0/s1. The lowest BCUT2D eigenvalue weighted by Crippen LogP contribution is -2.55. The lowest BCUT2D eigenvalue weighted by molar-refractivity contribution is -0.156. The zero-order chi connectivity index (χ0) is 14.3. The number of ether oxygens (including phenoxy) is 2. The Kier molecular flexibility index (Phi) is 3.47. The summed E-state index contributed by atoms with van der Waals surface area (Å²) in [6.07, 6.45) is -0.391. The Hall–Kier alpha value is -1.30. The fraction of sp³-hybridized carbons (Fsp3) is 0.846. The lowest BCUT2D eigenvalue weighted by Gasteiger charge is -2.40. The number of esters is 1. The summed E-state index contributed by atoms with van der Waals surface area (Å²) in [5, 5.41) is 10.2. The van der Waals surface area contributed by atoms with Crippen molar-refractivity contribution in [3.8, 4) is 0 Å². The predicted molar refractivity (Wildman–Crippen MR) is 66.4 cm³/mol. The molecule has 2 rings (SSSR count). The summed E-state index contributed by atoms with van der Waals surface area (Å²) in [6.45, 7) is 6.25. The smallest absolute Gasteiger partial charge is 0.410 e. The molecule has 2 aliphatic heterocycles. The Labute approximate surface area is 112 Å². The van der Waals surface area contributed by atoms with E-state index in [1.807, 2.05) is 0 Å². The molecule has 0 aliphatic carbocycles. The first-order valence-corrected chi connectivity index (χ1v) is 6.58. The number of carbonyl (C=O) groups excluding carboxylic acids is 2. The van der Waals surface area contributed by atoms with E-state index < -0.39 is 23.2 Å². The van der Waals surface area contributed by atoms with E-state index in [9.17, 15) is 14.7 Å². The molecule has 2 aliphatic rings. The lowest BCUT2D eigenvalue weighted by atomic mass is 9.75. The minimum Gasteiger partial charge on any atom is -0.465 e. The maximum atomic E-state index is 11.9. The summed E-state index contributed by atoms with van der Waals surface area (Å²) >= 11 is 0. The van der Waals surface area contributed by atoms with E-state index in [1.54, 1.807) is 20.8 Å². The second-order valence-corrected chi connectivity index (χ2v) is 6.23. The van der Waals surface area contributed by atoms with Crippen LogP contribution in [0.1, 0.15) is 33.6 Å². The maximum absolute atomic E-state index is 11.9. The van der Waals surface area contributed by atoms with Crippen molar-refractivity contribution in [1.29, 1.82) is 0 Å². The van der Waals surface area contributed by atoms with Gasteiger partial charge in [-0.1, -0.05) is 0 Å². The van der Waals surface area contributed by atoms with Gasteiger partial charge in [-0.2, -0.15) is 0 Å². The fourth-order valence-corrected chi connectivity index (χ4v) is 2.57. The van der Waals surface area contributed by atoms with Crippen LogP contribution < -0.4 is 0 Å². The van der Waals surface area contributed by atoms with Gasteiger partial charge in [-0.3, -0.25) is 4.79 Å². The maximum Gasteiger partial charge on any atom is 0.410 e. The topological polar surface area (TPSA) is 76.1 Å². The summed E-state index contributed by atoms with van der Waals surface area (Å²) in [5.41, 5.74) is -1.39. The molecule has 2 fully saturated rings. The minimum atomic E-state index is -0.885. The highest BCUT2D eigenvalue weighted by Gasteiger charge is 2.53. The molecule has 0 aromatic heterocycles. The minimum absolute atomic E-state index is 0.115. The van der Waals surface area contributed by atoms with Crippen molar-refractivity contribution < 1.29 is 24.2 Å². The van der Waals surface area contributed by atoms with Crippen molar-refractivity contribution in [3.05, 3.63) is 0 Å². The van der Waals surface area contributed by atoms with Gasteiger partial charge in [0.05, 0.1) is 19.3 Å². The molecule has 2 atom stereocenters. The summed E-state index contributed by atoms with van der Waals surface area (Å²) in [7, 11) is 0. The number of amides is 1. The van der Waals surface area contributed by atoms with Crippen molar-refractivity contribution in [2.75, 3.05) is 19.7 Å². The van der Waals surface area contributed by atoms with Crippen molar-refractivity contribution >= 4 is 12.1 Å². The van der Waals surface area contributed by atoms with Gasteiger partial charge >= 0.3 is 12.1 Å². The van der Waals surface area contributed by atoms with Gasteiger partial charge in [0.15, 0.2) is 0 Å². The Balaban J connectivity index is 2.00. The third-order valence-electron chi connectivity index (χ3n) is 3.70. The molecule has 0 saturated carbocycles. The van der Waals surface area contributed by atoms with Gasteiger partial charge in [-0.25, -0.2) is 4.79 Å². The quantitative estimate of drug-likeness (QED) is 0.663. The Morgan fingerprint density at radius 1 is 1.47 bits per heavy atom. The van der Waals surface area contributed by atoms with Crippen LogP contribution in [0, 0.1) is 5.41 Å². The predicted octanol–water partition coefficient (Wildman–Crippen LogP) is 0.921. The molecule has 1 spiro atoms. The number of hydrogen-bond acceptors (Lipinski definition) is 5. The summed E-state index contributed by atoms with van der Waals surface area (Å²) in [5.74, 6) is -0.344. The van der Waals surface area contributed by atoms with E-state index in [0.717, 1.165) is 0 Å². The van der Waals surface area contributed by atoms with Gasteiger partial charge in [-0.15, -0.1) is 0 Å². The second-order valence-electron chi connectivity index (χ2n) is 6.23. The van der Waals surface area contributed by atoms with Crippen molar-refractivity contribution in [3.63, 3.8) is 0 Å². The van der Waals surface area contributed by atoms with E-state index in [2.05, 4.69) is 0 Å². The summed E-state index contributed by atoms with van der Waals surface area (Å²) in [6, 6.07) is 0. The molecule has 0 aromatic rings. The Morgan fingerprint density at radius 2 is 2.16 bits per heavy atom. The van der Waals surface area contributed by atoms with Crippen molar-refractivity contribution in [2.45, 2.75) is 45.3 Å². The fourth-order valence-electron chi connectivity index (χ4n) is 2.57. The molecule has 1 N–H and O–H groups in total. The van der Waals surface area contributed by atoms with E-state index in [4.69, 9.17) is 9.47 Å². The SMILES string of the molecule is CC(C)(C)OC(=O)N1CC[C@]2(CCOC2=O)[C@@H](O)C1. The van der Waals surface area contributed by atoms with Crippen LogP contribution in [0.3, 0.4) is 0 Å². The number of nitrogens with zero attached hydrogens (tertiary/aromatic N) is 1. The Bertz CT molecular complexity index is 389. The molecule has 0 aromatic carbocycles. The van der Waals surface area contributed by atoms with Gasteiger partial charge in [0, 0.05) is 13.0 Å². The molecular formula is C13H21NO5. The van der Waals surface area contributed by atoms with Gasteiger partial charge in [0.2, 0.25) is 0 Å². The molecule has 19 heavy (non-hydrogen) atoms. The number of rotatable bonds is 0. The van der Waals surface area contributed by atoms with Gasteiger partial charge < -0.3 is 19.5 Å². The summed E-state index contributed by atoms with van der Waals surface area (Å²) < 4.78 is 10.2. The van der Waals surface area contributed by atoms with Crippen LogP contribution >= 0.6 is 0 Å². The van der Waals surface area contributed by atoms with Crippen LogP contribution in [0.4, 0.5) is 4.79 Å². The summed E-state index contributed by atoms with van der Waals surface area (Å²) in [4.78, 5) is 25.1. The average molecular weight is 271 g/mol. The molecule has 2 saturated heterocycles. The van der Waals surface area contributed by atoms with E-state index in [0.29, 0.717) is 26.0 Å². The molecule has 108 valence electrons. The molecule has 6 heteroatoms. The number of aliphatic hydroxyl groups is 1. The molecular weight excluding hydrogens is 250 g/mol. The van der Waals surface area contributed by atoms with E-state index in [1.165, 1.54) is 4.90 Å². The number of hydrogen-bond donors (Lipinski definition) is 1. The highest BCUT2D eigenvalue weighted by molar-refractivity contribution is 5.80. The number of likely N-dealkylation sites (tertiary alicyclic amines) is 1. The highest BCUT2D eigenvalue weighted by Crippen LogP contribution is 2.40. The van der Waals surface area contributed by atoms with Crippen LogP contribution in [-0.4, -0.2) is 53.5 Å². The van der Waals surface area contributed by atoms with Crippen LogP contribution in [-0.2, 0) is 14.3 Å². The van der Waals surface area contributed by atoms with Crippen molar-refractivity contribution in [2.24, 2.45) is 5.41 Å². The highest BCUT2D eigenvalue weighted by atomic mass is 16.6. The number of piperidine rings is 1. The number of aliphatic hydroxyl groups excluding tert-OH is 1. The monoisotopic (exact) mass is 271 g/mol. The second kappa shape index (κ2) is 4.67. The van der Waals surface area contributed by atoms with Gasteiger partial charge in [0.25, 0.3) is 0 Å². The number of carbonyl (C=O) groups is 2. The Morgan fingerprint density at radius 3 is 2.63 bits per heavy atom. The first kappa shape index (κ1) is 14.1. The molecule has 2 heterocycles. The van der Waals surface area contributed by atoms with Gasteiger partial charge in [-0.05, 0) is 27.2 Å². The van der Waals surface area contributed by atoms with Gasteiger partial charge in [0.1, 0.15) is 11.0 Å². The normalized spacial score (nSPS) is 31.5. The third-order valence-corrected chi connectivity index (χ3v) is 3.70. The largest absolute Gasteiger partial charge is 0.465 e. The van der Waals surface area contributed by atoms with Crippen LogP contribution in [0.15, 0.2) is 0 Å². The molecule has 1 amide bonds. The first-order chi connectivity index (χ1) is 8.74. The molecule has 0 unspecified atom stereocenters. The third kappa shape index (κ3) is 2.68. The zero-order valence-corrected chi connectivity index (χ0v) is 11.6. The first-order valence-electron chi connectivity index (χ1n) is 6.58. The number of β-amino-alcohol motifs (C(OH)–C–C–N with tert-alkyl or cyclic N) is 1. The average Bonchev–Trinajstić information content (AvgIpc) is 2.63. The van der Waals surface area contributed by atoms with E-state index >= 15 is 0 Å².